The summed E-state index contributed by atoms with van der Waals surface area (Å²) in [6.45, 7) is 6.02. The van der Waals surface area contributed by atoms with Gasteiger partial charge in [0.15, 0.2) is 0 Å². The Hall–Kier alpha value is -1.85. The molecule has 6 heteroatoms. The Kier molecular flexibility index (Phi) is 5.09. The average Bonchev–Trinajstić information content (AvgIpc) is 2.36. The van der Waals surface area contributed by atoms with Gasteiger partial charge in [-0.15, -0.1) is 0 Å². The molecule has 19 heavy (non-hydrogen) atoms. The normalized spacial score (nSPS) is 10.8. The van der Waals surface area contributed by atoms with Crippen molar-refractivity contribution in [1.82, 2.24) is 14.0 Å². The largest absolute Gasteiger partial charge is 0.342 e. The predicted octanol–water partition coefficient (Wildman–Crippen LogP) is 0.287. The highest BCUT2D eigenvalue weighted by Gasteiger charge is 2.15. The van der Waals surface area contributed by atoms with Gasteiger partial charge in [0.2, 0.25) is 5.91 Å². The van der Waals surface area contributed by atoms with Gasteiger partial charge in [-0.1, -0.05) is 6.92 Å². The minimum absolute atomic E-state index is 0.0322. The molecule has 0 spiro atoms. The lowest BCUT2D eigenvalue weighted by Gasteiger charge is -2.21. The van der Waals surface area contributed by atoms with Crippen LogP contribution in [-0.2, 0) is 17.9 Å². The second-order valence-electron chi connectivity index (χ2n) is 4.81. The van der Waals surface area contributed by atoms with Gasteiger partial charge in [-0.05, 0) is 20.3 Å². The molecule has 1 rings (SSSR count). The molecule has 0 aliphatic carbocycles. The van der Waals surface area contributed by atoms with Gasteiger partial charge in [0.05, 0.1) is 0 Å². The van der Waals surface area contributed by atoms with Crippen molar-refractivity contribution in [2.75, 3.05) is 7.05 Å². The fourth-order valence-corrected chi connectivity index (χ4v) is 1.65. The molecule has 0 aromatic carbocycles. The molecular formula is C13H21N3O3. The van der Waals surface area contributed by atoms with E-state index in [1.165, 1.54) is 21.7 Å². The molecule has 1 aromatic rings. The van der Waals surface area contributed by atoms with Crippen LogP contribution in [-0.4, -0.2) is 33.0 Å². The van der Waals surface area contributed by atoms with Crippen molar-refractivity contribution in [2.24, 2.45) is 0 Å². The maximum absolute atomic E-state index is 12.1. The van der Waals surface area contributed by atoms with Crippen LogP contribution in [0.5, 0.6) is 0 Å². The second kappa shape index (κ2) is 6.36. The summed E-state index contributed by atoms with van der Waals surface area (Å²) < 4.78 is 2.43. The van der Waals surface area contributed by atoms with E-state index in [1.807, 2.05) is 20.8 Å². The van der Waals surface area contributed by atoms with Gasteiger partial charge in [0.25, 0.3) is 5.56 Å². The molecule has 0 atom stereocenters. The Morgan fingerprint density at radius 3 is 2.53 bits per heavy atom. The molecule has 1 aromatic heterocycles. The number of hydrogen-bond donors (Lipinski definition) is 0. The quantitative estimate of drug-likeness (QED) is 0.770. The maximum atomic E-state index is 12.1. The highest BCUT2D eigenvalue weighted by atomic mass is 16.2. The minimum atomic E-state index is -0.442. The first-order valence-corrected chi connectivity index (χ1v) is 6.44. The van der Waals surface area contributed by atoms with E-state index in [4.69, 9.17) is 0 Å². The van der Waals surface area contributed by atoms with Crippen LogP contribution in [0.4, 0.5) is 0 Å². The number of aryl methyl sites for hydroxylation is 1. The average molecular weight is 267 g/mol. The fourth-order valence-electron chi connectivity index (χ4n) is 1.65. The number of amides is 1. The van der Waals surface area contributed by atoms with E-state index >= 15 is 0 Å². The summed E-state index contributed by atoms with van der Waals surface area (Å²) in [6.07, 6.45) is 2.26. The Bertz CT molecular complexity index is 557. The lowest BCUT2D eigenvalue weighted by Crippen LogP contribution is -2.44. The molecule has 0 bridgehead atoms. The first kappa shape index (κ1) is 15.2. The van der Waals surface area contributed by atoms with E-state index in [0.29, 0.717) is 6.54 Å². The Labute approximate surface area is 112 Å². The number of hydrogen-bond acceptors (Lipinski definition) is 3. The molecule has 0 fully saturated rings. The van der Waals surface area contributed by atoms with Crippen molar-refractivity contribution in [3.05, 3.63) is 33.1 Å². The lowest BCUT2D eigenvalue weighted by molar-refractivity contribution is -0.132. The molecule has 6 nitrogen and oxygen atoms in total. The second-order valence-corrected chi connectivity index (χ2v) is 4.81. The zero-order valence-corrected chi connectivity index (χ0v) is 11.9. The summed E-state index contributed by atoms with van der Waals surface area (Å²) in [5.41, 5.74) is -0.872. The smallest absolute Gasteiger partial charge is 0.331 e. The van der Waals surface area contributed by atoms with Gasteiger partial charge >= 0.3 is 5.69 Å². The highest BCUT2D eigenvalue weighted by molar-refractivity contribution is 5.75. The van der Waals surface area contributed by atoms with Crippen molar-refractivity contribution >= 4 is 5.91 Å². The SMILES string of the molecule is CCCn1ccc(=O)n(CC(=O)N(C)C(C)C)c1=O. The molecule has 1 heterocycles. The molecule has 0 radical (unpaired) electrons. The van der Waals surface area contributed by atoms with Gasteiger partial charge in [-0.2, -0.15) is 0 Å². The number of nitrogens with zero attached hydrogens (tertiary/aromatic N) is 3. The summed E-state index contributed by atoms with van der Waals surface area (Å²) in [5.74, 6) is -0.247. The van der Waals surface area contributed by atoms with E-state index < -0.39 is 11.2 Å². The van der Waals surface area contributed by atoms with Gasteiger partial charge < -0.3 is 9.47 Å². The summed E-state index contributed by atoms with van der Waals surface area (Å²) in [5, 5.41) is 0. The van der Waals surface area contributed by atoms with E-state index in [9.17, 15) is 14.4 Å². The third kappa shape index (κ3) is 3.56. The molecule has 0 saturated carbocycles. The summed E-state index contributed by atoms with van der Waals surface area (Å²) >= 11 is 0. The van der Waals surface area contributed by atoms with Gasteiger partial charge in [-0.25, -0.2) is 4.79 Å². The summed E-state index contributed by atoms with van der Waals surface area (Å²) in [7, 11) is 1.66. The molecule has 0 aliphatic rings. The third-order valence-corrected chi connectivity index (χ3v) is 3.07. The molecular weight excluding hydrogens is 246 g/mol. The van der Waals surface area contributed by atoms with Crippen LogP contribution in [0.1, 0.15) is 27.2 Å². The van der Waals surface area contributed by atoms with E-state index in [0.717, 1.165) is 11.0 Å². The van der Waals surface area contributed by atoms with Crippen molar-refractivity contribution in [3.63, 3.8) is 0 Å². The Morgan fingerprint density at radius 1 is 1.37 bits per heavy atom. The molecule has 0 N–H and O–H groups in total. The van der Waals surface area contributed by atoms with Crippen LogP contribution in [0.15, 0.2) is 21.9 Å². The van der Waals surface area contributed by atoms with Gasteiger partial charge in [0, 0.05) is 31.9 Å². The number of carbonyl (C=O) groups excluding carboxylic acids is 1. The number of aromatic nitrogens is 2. The van der Waals surface area contributed by atoms with Gasteiger partial charge in [0.1, 0.15) is 6.54 Å². The zero-order chi connectivity index (χ0) is 14.6. The minimum Gasteiger partial charge on any atom is -0.342 e. The maximum Gasteiger partial charge on any atom is 0.331 e. The number of rotatable bonds is 5. The van der Waals surface area contributed by atoms with E-state index in [-0.39, 0.29) is 18.5 Å². The van der Waals surface area contributed by atoms with Crippen molar-refractivity contribution < 1.29 is 4.79 Å². The van der Waals surface area contributed by atoms with Crippen molar-refractivity contribution in [2.45, 2.75) is 46.3 Å². The zero-order valence-electron chi connectivity index (χ0n) is 11.9. The predicted molar refractivity (Wildman–Crippen MR) is 73.2 cm³/mol. The first-order chi connectivity index (χ1) is 8.88. The Balaban J connectivity index is 3.08. The highest BCUT2D eigenvalue weighted by Crippen LogP contribution is 1.95. The summed E-state index contributed by atoms with van der Waals surface area (Å²) in [4.78, 5) is 37.2. The fraction of sp³-hybridized carbons (Fsp3) is 0.615. The van der Waals surface area contributed by atoms with E-state index in [2.05, 4.69) is 0 Å². The third-order valence-electron chi connectivity index (χ3n) is 3.07. The molecule has 1 amide bonds. The van der Waals surface area contributed by atoms with Crippen LogP contribution in [0.25, 0.3) is 0 Å². The van der Waals surface area contributed by atoms with Crippen LogP contribution in [0, 0.1) is 0 Å². The standard InChI is InChI=1S/C13H21N3O3/c1-5-7-15-8-6-11(17)16(13(15)19)9-12(18)14(4)10(2)3/h6,8,10H,5,7,9H2,1-4H3. The molecule has 0 aliphatic heterocycles. The van der Waals surface area contributed by atoms with Crippen LogP contribution in [0.2, 0.25) is 0 Å². The molecule has 0 saturated heterocycles. The van der Waals surface area contributed by atoms with E-state index in [1.54, 1.807) is 7.05 Å². The van der Waals surface area contributed by atoms with Crippen molar-refractivity contribution in [1.29, 1.82) is 0 Å². The molecule has 0 unspecified atom stereocenters. The number of carbonyl (C=O) groups is 1. The van der Waals surface area contributed by atoms with Crippen molar-refractivity contribution in [3.8, 4) is 0 Å². The summed E-state index contributed by atoms with van der Waals surface area (Å²) in [6, 6.07) is 1.35. The first-order valence-electron chi connectivity index (χ1n) is 6.44. The van der Waals surface area contributed by atoms with Crippen LogP contribution < -0.4 is 11.2 Å². The topological polar surface area (TPSA) is 64.3 Å². The Morgan fingerprint density at radius 2 is 2.00 bits per heavy atom. The molecule has 106 valence electrons. The van der Waals surface area contributed by atoms with Gasteiger partial charge in [-0.3, -0.25) is 14.2 Å². The monoisotopic (exact) mass is 267 g/mol. The van der Waals surface area contributed by atoms with Crippen LogP contribution in [0.3, 0.4) is 0 Å². The lowest BCUT2D eigenvalue weighted by atomic mass is 10.3. The van der Waals surface area contributed by atoms with Crippen LogP contribution >= 0.6 is 0 Å². The number of likely N-dealkylation sites (N-methyl/N-ethyl adjacent to an activating group) is 1.